The third-order valence-electron chi connectivity index (χ3n) is 4.26. The van der Waals surface area contributed by atoms with Crippen molar-refractivity contribution in [2.24, 2.45) is 10.2 Å². The van der Waals surface area contributed by atoms with Crippen LogP contribution in [0.1, 0.15) is 29.2 Å². The molecular formula is C19H19N3S. The van der Waals surface area contributed by atoms with Crippen LogP contribution in [0.15, 0.2) is 70.9 Å². The minimum Gasteiger partial charge on any atom is -0.350 e. The molecule has 0 amide bonds. The van der Waals surface area contributed by atoms with E-state index in [2.05, 4.69) is 69.7 Å². The zero-order valence-electron chi connectivity index (χ0n) is 12.9. The third kappa shape index (κ3) is 3.04. The average molecular weight is 321 g/mol. The largest absolute Gasteiger partial charge is 0.350 e. The molecule has 116 valence electrons. The Morgan fingerprint density at radius 2 is 1.48 bits per heavy atom. The molecule has 1 atom stereocenters. The van der Waals surface area contributed by atoms with Gasteiger partial charge in [-0.3, -0.25) is 0 Å². The van der Waals surface area contributed by atoms with Gasteiger partial charge in [0.1, 0.15) is 0 Å². The van der Waals surface area contributed by atoms with Gasteiger partial charge in [0.15, 0.2) is 5.17 Å². The summed E-state index contributed by atoms with van der Waals surface area (Å²) in [6.07, 6.45) is 2.51. The van der Waals surface area contributed by atoms with Gasteiger partial charge in [-0.1, -0.05) is 72.4 Å². The summed E-state index contributed by atoms with van der Waals surface area (Å²) < 4.78 is 0. The van der Waals surface area contributed by atoms with Crippen LogP contribution < -0.4 is 0 Å². The summed E-state index contributed by atoms with van der Waals surface area (Å²) in [5.41, 5.74) is 3.48. The van der Waals surface area contributed by atoms with Gasteiger partial charge >= 0.3 is 0 Å². The molecule has 0 aliphatic carbocycles. The Morgan fingerprint density at radius 3 is 2.17 bits per heavy atom. The van der Waals surface area contributed by atoms with Gasteiger partial charge < -0.3 is 4.90 Å². The van der Waals surface area contributed by atoms with Gasteiger partial charge in [0.2, 0.25) is 0 Å². The molecular weight excluding hydrogens is 302 g/mol. The summed E-state index contributed by atoms with van der Waals surface area (Å²) in [4.78, 5) is 2.37. The maximum Gasteiger partial charge on any atom is 0.186 e. The molecule has 4 heteroatoms. The van der Waals surface area contributed by atoms with E-state index < -0.39 is 0 Å². The molecule has 2 aliphatic heterocycles. The Bertz CT molecular complexity index is 719. The van der Waals surface area contributed by atoms with E-state index in [1.165, 1.54) is 18.4 Å². The van der Waals surface area contributed by atoms with Crippen molar-refractivity contribution in [2.75, 3.05) is 13.1 Å². The van der Waals surface area contributed by atoms with E-state index in [4.69, 9.17) is 0 Å². The highest BCUT2D eigenvalue weighted by atomic mass is 32.2. The second kappa shape index (κ2) is 6.59. The van der Waals surface area contributed by atoms with E-state index in [0.29, 0.717) is 0 Å². The third-order valence-corrected chi connectivity index (χ3v) is 5.55. The molecule has 0 radical (unpaired) electrons. The summed E-state index contributed by atoms with van der Waals surface area (Å²) in [6, 6.07) is 21.0. The summed E-state index contributed by atoms with van der Waals surface area (Å²) >= 11 is 1.83. The molecule has 1 saturated heterocycles. The average Bonchev–Trinajstić information content (AvgIpc) is 3.17. The van der Waals surface area contributed by atoms with Gasteiger partial charge in [0.25, 0.3) is 0 Å². The first-order chi connectivity index (χ1) is 11.4. The first-order valence-corrected chi connectivity index (χ1v) is 8.97. The molecule has 1 unspecified atom stereocenters. The molecule has 0 bridgehead atoms. The van der Waals surface area contributed by atoms with Crippen LogP contribution in [-0.4, -0.2) is 28.9 Å². The molecule has 2 heterocycles. The first kappa shape index (κ1) is 14.5. The smallest absolute Gasteiger partial charge is 0.186 e. The van der Waals surface area contributed by atoms with Crippen molar-refractivity contribution in [2.45, 2.75) is 18.1 Å². The Labute approximate surface area is 141 Å². The van der Waals surface area contributed by atoms with Crippen molar-refractivity contribution in [1.29, 1.82) is 0 Å². The van der Waals surface area contributed by atoms with Crippen molar-refractivity contribution in [3.05, 3.63) is 71.8 Å². The summed E-state index contributed by atoms with van der Waals surface area (Å²) in [5, 5.41) is 10.4. The van der Waals surface area contributed by atoms with Crippen LogP contribution in [0.5, 0.6) is 0 Å². The molecule has 23 heavy (non-hydrogen) atoms. The zero-order chi connectivity index (χ0) is 15.5. The van der Waals surface area contributed by atoms with Gasteiger partial charge in [0.05, 0.1) is 11.0 Å². The number of thioether (sulfide) groups is 1. The lowest BCUT2D eigenvalue weighted by Crippen LogP contribution is -2.29. The van der Waals surface area contributed by atoms with Crippen molar-refractivity contribution in [3.8, 4) is 0 Å². The van der Waals surface area contributed by atoms with Crippen molar-refractivity contribution in [1.82, 2.24) is 4.90 Å². The van der Waals surface area contributed by atoms with Crippen molar-refractivity contribution >= 4 is 22.6 Å². The molecule has 3 nitrogen and oxygen atoms in total. The lowest BCUT2D eigenvalue weighted by molar-refractivity contribution is 0.528. The fraction of sp³-hybridized carbons (Fsp3) is 0.263. The molecule has 2 aromatic rings. The predicted octanol–water partition coefficient (Wildman–Crippen LogP) is 4.33. The van der Waals surface area contributed by atoms with Crippen LogP contribution in [0.25, 0.3) is 0 Å². The van der Waals surface area contributed by atoms with Gasteiger partial charge in [0, 0.05) is 13.1 Å². The fourth-order valence-electron chi connectivity index (χ4n) is 3.05. The summed E-state index contributed by atoms with van der Waals surface area (Å²) in [6.45, 7) is 2.20. The number of benzene rings is 2. The maximum absolute atomic E-state index is 4.63. The van der Waals surface area contributed by atoms with Gasteiger partial charge in [-0.05, 0) is 24.0 Å². The minimum absolute atomic E-state index is 0.201. The normalized spacial score (nSPS) is 21.0. The number of hydrogen-bond donors (Lipinski definition) is 0. The molecule has 2 aromatic carbocycles. The van der Waals surface area contributed by atoms with Crippen LogP contribution in [-0.2, 0) is 0 Å². The Balaban J connectivity index is 1.72. The molecule has 4 rings (SSSR count). The highest BCUT2D eigenvalue weighted by Gasteiger charge is 2.29. The van der Waals surface area contributed by atoms with Crippen LogP contribution in [0.2, 0.25) is 0 Å². The number of rotatable bonds is 2. The molecule has 2 aliphatic rings. The van der Waals surface area contributed by atoms with Crippen LogP contribution >= 0.6 is 11.8 Å². The number of amidine groups is 1. The van der Waals surface area contributed by atoms with Crippen molar-refractivity contribution < 1.29 is 0 Å². The minimum atomic E-state index is 0.201. The maximum atomic E-state index is 4.63. The van der Waals surface area contributed by atoms with Gasteiger partial charge in [-0.2, -0.15) is 5.10 Å². The predicted molar refractivity (Wildman–Crippen MR) is 98.0 cm³/mol. The lowest BCUT2D eigenvalue weighted by atomic mass is 10.0. The molecule has 0 aromatic heterocycles. The Kier molecular flexibility index (Phi) is 4.16. The van der Waals surface area contributed by atoms with E-state index in [1.54, 1.807) is 0 Å². The van der Waals surface area contributed by atoms with Crippen LogP contribution in [0, 0.1) is 0 Å². The van der Waals surface area contributed by atoms with E-state index >= 15 is 0 Å². The SMILES string of the molecule is c1ccc(C2=NN=C(N3CCCC3)SC2c2ccccc2)cc1. The van der Waals surface area contributed by atoms with Crippen molar-refractivity contribution in [3.63, 3.8) is 0 Å². The first-order valence-electron chi connectivity index (χ1n) is 8.09. The summed E-state index contributed by atoms with van der Waals surface area (Å²) in [5.74, 6) is 0. The second-order valence-corrected chi connectivity index (χ2v) is 6.91. The Morgan fingerprint density at radius 1 is 0.826 bits per heavy atom. The topological polar surface area (TPSA) is 28.0 Å². The molecule has 0 N–H and O–H groups in total. The molecule has 0 spiro atoms. The molecule has 0 saturated carbocycles. The molecule has 1 fully saturated rings. The number of likely N-dealkylation sites (tertiary alicyclic amines) is 1. The highest BCUT2D eigenvalue weighted by Crippen LogP contribution is 2.38. The van der Waals surface area contributed by atoms with E-state index in [0.717, 1.165) is 29.5 Å². The monoisotopic (exact) mass is 321 g/mol. The second-order valence-electron chi connectivity index (χ2n) is 5.84. The lowest BCUT2D eigenvalue weighted by Gasteiger charge is -2.27. The van der Waals surface area contributed by atoms with Crippen LogP contribution in [0.4, 0.5) is 0 Å². The Hall–Kier alpha value is -2.07. The summed E-state index contributed by atoms with van der Waals surface area (Å²) in [7, 11) is 0. The highest BCUT2D eigenvalue weighted by molar-refractivity contribution is 8.14. The standard InChI is InChI=1S/C19H19N3S/c1-3-9-15(10-4-1)17-18(16-11-5-2-6-12-16)23-19(21-20-17)22-13-7-8-14-22/h1-6,9-12,18H,7-8,13-14H2. The fourth-order valence-corrected chi connectivity index (χ4v) is 4.27. The van der Waals surface area contributed by atoms with Gasteiger partial charge in [-0.15, -0.1) is 5.10 Å². The van der Waals surface area contributed by atoms with E-state index in [1.807, 2.05) is 17.8 Å². The van der Waals surface area contributed by atoms with Crippen LogP contribution in [0.3, 0.4) is 0 Å². The quantitative estimate of drug-likeness (QED) is 0.823. The van der Waals surface area contributed by atoms with E-state index in [-0.39, 0.29) is 5.25 Å². The number of nitrogens with zero attached hydrogens (tertiary/aromatic N) is 3. The van der Waals surface area contributed by atoms with Gasteiger partial charge in [-0.25, -0.2) is 0 Å². The zero-order valence-corrected chi connectivity index (χ0v) is 13.7. The van der Waals surface area contributed by atoms with E-state index in [9.17, 15) is 0 Å². The number of hydrogen-bond acceptors (Lipinski definition) is 4.